The van der Waals surface area contributed by atoms with Gasteiger partial charge in [0.2, 0.25) is 0 Å². The summed E-state index contributed by atoms with van der Waals surface area (Å²) in [4.78, 5) is 7.39. The Hall–Kier alpha value is -0.770. The van der Waals surface area contributed by atoms with Crippen LogP contribution in [-0.2, 0) is 6.42 Å². The van der Waals surface area contributed by atoms with Gasteiger partial charge in [0.25, 0.3) is 0 Å². The number of para-hydroxylation sites is 1. The molecular weight excluding hydrogens is 305 g/mol. The van der Waals surface area contributed by atoms with Crippen molar-refractivity contribution < 1.29 is 0 Å². The minimum Gasteiger partial charge on any atom is -0.322 e. The Bertz CT molecular complexity index is 663. The van der Waals surface area contributed by atoms with E-state index in [1.165, 1.54) is 25.8 Å². The van der Waals surface area contributed by atoms with E-state index < -0.39 is 0 Å². The SMILES string of the molecule is ClCCc1nc2cccc(Cl)c2n1C1CCN(C2CC2)C1. The van der Waals surface area contributed by atoms with Gasteiger partial charge >= 0.3 is 0 Å². The number of imidazole rings is 1. The third-order valence-electron chi connectivity index (χ3n) is 4.68. The Morgan fingerprint density at radius 3 is 2.81 bits per heavy atom. The molecule has 2 fully saturated rings. The van der Waals surface area contributed by atoms with Gasteiger partial charge in [-0.15, -0.1) is 11.6 Å². The van der Waals surface area contributed by atoms with E-state index in [9.17, 15) is 0 Å². The van der Waals surface area contributed by atoms with Crippen LogP contribution in [0.5, 0.6) is 0 Å². The van der Waals surface area contributed by atoms with Gasteiger partial charge in [-0.3, -0.25) is 4.90 Å². The Morgan fingerprint density at radius 2 is 2.05 bits per heavy atom. The van der Waals surface area contributed by atoms with E-state index in [1.807, 2.05) is 18.2 Å². The molecule has 0 N–H and O–H groups in total. The number of hydrogen-bond acceptors (Lipinski definition) is 2. The molecule has 0 amide bonds. The summed E-state index contributed by atoms with van der Waals surface area (Å²) in [6.07, 6.45) is 4.72. The number of fused-ring (bicyclic) bond motifs is 1. The number of halogens is 2. The molecule has 1 aromatic carbocycles. The Balaban J connectivity index is 1.76. The lowest BCUT2D eigenvalue weighted by Crippen LogP contribution is -2.24. The maximum atomic E-state index is 6.46. The molecule has 1 aliphatic carbocycles. The van der Waals surface area contributed by atoms with Crippen molar-refractivity contribution in [3.63, 3.8) is 0 Å². The largest absolute Gasteiger partial charge is 0.322 e. The van der Waals surface area contributed by atoms with Gasteiger partial charge in [-0.05, 0) is 31.4 Å². The van der Waals surface area contributed by atoms with Crippen LogP contribution >= 0.6 is 23.2 Å². The first-order valence-electron chi connectivity index (χ1n) is 7.73. The predicted molar refractivity (Wildman–Crippen MR) is 87.4 cm³/mol. The Kier molecular flexibility index (Phi) is 3.60. The lowest BCUT2D eigenvalue weighted by Gasteiger charge is -2.18. The predicted octanol–water partition coefficient (Wildman–Crippen LogP) is 3.88. The van der Waals surface area contributed by atoms with Crippen molar-refractivity contribution in [2.24, 2.45) is 0 Å². The second-order valence-corrected chi connectivity index (χ2v) is 6.90. The number of aromatic nitrogens is 2. The van der Waals surface area contributed by atoms with Gasteiger partial charge in [0.15, 0.2) is 0 Å². The van der Waals surface area contributed by atoms with Crippen molar-refractivity contribution in [3.05, 3.63) is 29.0 Å². The topological polar surface area (TPSA) is 21.1 Å². The number of nitrogens with zero attached hydrogens (tertiary/aromatic N) is 3. The summed E-state index contributed by atoms with van der Waals surface area (Å²) >= 11 is 12.4. The molecule has 1 aromatic heterocycles. The lowest BCUT2D eigenvalue weighted by molar-refractivity contribution is 0.314. The highest BCUT2D eigenvalue weighted by atomic mass is 35.5. The van der Waals surface area contributed by atoms with Crippen molar-refractivity contribution in [3.8, 4) is 0 Å². The molecule has 3 nitrogen and oxygen atoms in total. The second kappa shape index (κ2) is 5.45. The third-order valence-corrected chi connectivity index (χ3v) is 5.17. The first-order chi connectivity index (χ1) is 10.3. The molecule has 21 heavy (non-hydrogen) atoms. The zero-order chi connectivity index (χ0) is 14.4. The molecule has 4 rings (SSSR count). The van der Waals surface area contributed by atoms with E-state index >= 15 is 0 Å². The molecule has 1 unspecified atom stereocenters. The highest BCUT2D eigenvalue weighted by Gasteiger charge is 2.36. The highest BCUT2D eigenvalue weighted by molar-refractivity contribution is 6.35. The molecule has 1 aliphatic heterocycles. The minimum atomic E-state index is 0.480. The van der Waals surface area contributed by atoms with Crippen LogP contribution in [0.1, 0.15) is 31.1 Å². The Labute approximate surface area is 134 Å². The number of benzene rings is 1. The van der Waals surface area contributed by atoms with Gasteiger partial charge in [0.1, 0.15) is 5.82 Å². The van der Waals surface area contributed by atoms with E-state index in [-0.39, 0.29) is 0 Å². The smallest absolute Gasteiger partial charge is 0.111 e. The van der Waals surface area contributed by atoms with Gasteiger partial charge in [0.05, 0.1) is 16.1 Å². The molecule has 0 bridgehead atoms. The minimum absolute atomic E-state index is 0.480. The average molecular weight is 324 g/mol. The molecule has 0 radical (unpaired) electrons. The number of alkyl halides is 1. The van der Waals surface area contributed by atoms with E-state index in [4.69, 9.17) is 28.2 Å². The molecule has 2 aliphatic rings. The van der Waals surface area contributed by atoms with Crippen LogP contribution in [0.15, 0.2) is 18.2 Å². The first-order valence-corrected chi connectivity index (χ1v) is 8.64. The van der Waals surface area contributed by atoms with Gasteiger partial charge in [0, 0.05) is 37.5 Å². The van der Waals surface area contributed by atoms with Crippen LogP contribution < -0.4 is 0 Å². The maximum Gasteiger partial charge on any atom is 0.111 e. The summed E-state index contributed by atoms with van der Waals surface area (Å²) in [6.45, 7) is 2.32. The number of likely N-dealkylation sites (tertiary alicyclic amines) is 1. The van der Waals surface area contributed by atoms with Gasteiger partial charge in [-0.1, -0.05) is 17.7 Å². The lowest BCUT2D eigenvalue weighted by atomic mass is 10.2. The fraction of sp³-hybridized carbons (Fsp3) is 0.562. The van der Waals surface area contributed by atoms with Crippen LogP contribution in [0, 0.1) is 0 Å². The van der Waals surface area contributed by atoms with Crippen LogP contribution in [0.25, 0.3) is 11.0 Å². The summed E-state index contributed by atoms with van der Waals surface area (Å²) in [7, 11) is 0. The van der Waals surface area contributed by atoms with Gasteiger partial charge < -0.3 is 4.57 Å². The normalized spacial score (nSPS) is 23.2. The molecule has 2 heterocycles. The molecule has 1 saturated carbocycles. The van der Waals surface area contributed by atoms with Crippen LogP contribution in [0.2, 0.25) is 5.02 Å². The molecular formula is C16H19Cl2N3. The zero-order valence-corrected chi connectivity index (χ0v) is 13.4. The second-order valence-electron chi connectivity index (χ2n) is 6.11. The maximum absolute atomic E-state index is 6.46. The van der Waals surface area contributed by atoms with Crippen molar-refractivity contribution >= 4 is 34.2 Å². The molecule has 1 atom stereocenters. The van der Waals surface area contributed by atoms with E-state index in [0.717, 1.165) is 40.9 Å². The highest BCUT2D eigenvalue weighted by Crippen LogP contribution is 2.36. The van der Waals surface area contributed by atoms with Crippen molar-refractivity contribution in [1.82, 2.24) is 14.5 Å². The number of rotatable bonds is 4. The summed E-state index contributed by atoms with van der Waals surface area (Å²) in [5.74, 6) is 1.68. The Morgan fingerprint density at radius 1 is 1.19 bits per heavy atom. The van der Waals surface area contributed by atoms with E-state index in [2.05, 4.69) is 9.47 Å². The fourth-order valence-electron chi connectivity index (χ4n) is 3.56. The molecule has 0 spiro atoms. The molecule has 1 saturated heterocycles. The number of aryl methyl sites for hydroxylation is 1. The van der Waals surface area contributed by atoms with Crippen LogP contribution in [-0.4, -0.2) is 39.5 Å². The van der Waals surface area contributed by atoms with Gasteiger partial charge in [-0.25, -0.2) is 4.98 Å². The van der Waals surface area contributed by atoms with E-state index in [1.54, 1.807) is 0 Å². The summed E-state index contributed by atoms with van der Waals surface area (Å²) in [5.41, 5.74) is 2.08. The summed E-state index contributed by atoms with van der Waals surface area (Å²) < 4.78 is 2.36. The monoisotopic (exact) mass is 323 g/mol. The standard InChI is InChI=1S/C16H19Cl2N3/c17-8-6-15-19-14-3-1-2-13(18)16(14)21(15)12-7-9-20(10-12)11-4-5-11/h1-3,11-12H,4-10H2. The molecule has 5 heteroatoms. The summed E-state index contributed by atoms with van der Waals surface area (Å²) in [6, 6.07) is 7.28. The summed E-state index contributed by atoms with van der Waals surface area (Å²) in [5, 5.41) is 0.797. The van der Waals surface area contributed by atoms with Crippen molar-refractivity contribution in [2.45, 2.75) is 37.8 Å². The fourth-order valence-corrected chi connectivity index (χ4v) is 3.99. The quantitative estimate of drug-likeness (QED) is 0.796. The number of hydrogen-bond donors (Lipinski definition) is 0. The van der Waals surface area contributed by atoms with Crippen molar-refractivity contribution in [2.75, 3.05) is 19.0 Å². The first kappa shape index (κ1) is 13.9. The van der Waals surface area contributed by atoms with Crippen LogP contribution in [0.3, 0.4) is 0 Å². The van der Waals surface area contributed by atoms with Gasteiger partial charge in [-0.2, -0.15) is 0 Å². The third kappa shape index (κ3) is 2.45. The van der Waals surface area contributed by atoms with E-state index in [0.29, 0.717) is 11.9 Å². The molecule has 2 aromatic rings. The molecule has 112 valence electrons. The van der Waals surface area contributed by atoms with Crippen molar-refractivity contribution in [1.29, 1.82) is 0 Å². The van der Waals surface area contributed by atoms with Crippen LogP contribution in [0.4, 0.5) is 0 Å². The zero-order valence-electron chi connectivity index (χ0n) is 11.9. The average Bonchev–Trinajstić information content (AvgIpc) is 3.08.